The van der Waals surface area contributed by atoms with E-state index in [0.29, 0.717) is 5.92 Å². The average Bonchev–Trinajstić information content (AvgIpc) is 2.15. The molecule has 1 rings (SSSR count). The number of carbonyl (C=O) groups excluding carboxylic acids is 1. The monoisotopic (exact) mass is 124 g/mol. The normalized spacial score (nSPS) is 27.4. The first kappa shape index (κ1) is 6.53. The van der Waals surface area contributed by atoms with E-state index < -0.39 is 0 Å². The molecule has 1 saturated carbocycles. The number of Topliss-reactive ketones (excluding diaryl/α,β-unsaturated/α-hetero) is 1. The van der Waals surface area contributed by atoms with Crippen LogP contribution in [0.5, 0.6) is 0 Å². The minimum Gasteiger partial charge on any atom is -0.295 e. The summed E-state index contributed by atoms with van der Waals surface area (Å²) in [5, 5.41) is 0. The van der Waals surface area contributed by atoms with Crippen LogP contribution in [-0.2, 0) is 4.79 Å². The molecule has 0 aliphatic heterocycles. The standard InChI is InChI=1S/C8H12O/c1-3-7-4-5-8(9)6(7)2/h7H,2-5H2,1H3. The zero-order valence-electron chi connectivity index (χ0n) is 5.81. The van der Waals surface area contributed by atoms with Crippen LogP contribution in [-0.4, -0.2) is 5.78 Å². The molecule has 1 fully saturated rings. The molecule has 1 aliphatic rings. The Labute approximate surface area is 55.8 Å². The largest absolute Gasteiger partial charge is 0.295 e. The quantitative estimate of drug-likeness (QED) is 0.488. The number of hydrogen-bond acceptors (Lipinski definition) is 1. The van der Waals surface area contributed by atoms with Crippen molar-refractivity contribution in [3.8, 4) is 0 Å². The van der Waals surface area contributed by atoms with Crippen LogP contribution in [0.1, 0.15) is 26.2 Å². The number of rotatable bonds is 1. The molecule has 0 spiro atoms. The summed E-state index contributed by atoms with van der Waals surface area (Å²) in [5.74, 6) is 0.777. The highest BCUT2D eigenvalue weighted by Gasteiger charge is 2.24. The zero-order chi connectivity index (χ0) is 6.85. The molecule has 1 atom stereocenters. The van der Waals surface area contributed by atoms with Gasteiger partial charge in [0.15, 0.2) is 5.78 Å². The summed E-state index contributed by atoms with van der Waals surface area (Å²) in [6, 6.07) is 0. The first-order chi connectivity index (χ1) is 4.25. The molecule has 1 nitrogen and oxygen atoms in total. The van der Waals surface area contributed by atoms with E-state index in [4.69, 9.17) is 0 Å². The number of ketones is 1. The van der Waals surface area contributed by atoms with Crippen molar-refractivity contribution in [2.24, 2.45) is 5.92 Å². The first-order valence-electron chi connectivity index (χ1n) is 3.47. The summed E-state index contributed by atoms with van der Waals surface area (Å²) >= 11 is 0. The van der Waals surface area contributed by atoms with Gasteiger partial charge in [-0.2, -0.15) is 0 Å². The van der Waals surface area contributed by atoms with Crippen LogP contribution in [0.25, 0.3) is 0 Å². The Balaban J connectivity index is 2.62. The topological polar surface area (TPSA) is 17.1 Å². The Morgan fingerprint density at radius 1 is 1.78 bits per heavy atom. The van der Waals surface area contributed by atoms with E-state index >= 15 is 0 Å². The van der Waals surface area contributed by atoms with Gasteiger partial charge in [0, 0.05) is 6.42 Å². The van der Waals surface area contributed by atoms with E-state index in [1.54, 1.807) is 0 Å². The smallest absolute Gasteiger partial charge is 0.158 e. The van der Waals surface area contributed by atoms with Crippen molar-refractivity contribution < 1.29 is 4.79 Å². The lowest BCUT2D eigenvalue weighted by Gasteiger charge is -2.02. The maximum atomic E-state index is 10.8. The van der Waals surface area contributed by atoms with Gasteiger partial charge in [-0.15, -0.1) is 0 Å². The van der Waals surface area contributed by atoms with Gasteiger partial charge in [-0.1, -0.05) is 13.5 Å². The van der Waals surface area contributed by atoms with Gasteiger partial charge in [0.2, 0.25) is 0 Å². The van der Waals surface area contributed by atoms with Crippen LogP contribution >= 0.6 is 0 Å². The molecule has 9 heavy (non-hydrogen) atoms. The molecule has 1 unspecified atom stereocenters. The first-order valence-corrected chi connectivity index (χ1v) is 3.47. The van der Waals surface area contributed by atoms with Crippen molar-refractivity contribution in [3.05, 3.63) is 12.2 Å². The summed E-state index contributed by atoms with van der Waals surface area (Å²) in [7, 11) is 0. The lowest BCUT2D eigenvalue weighted by Crippen LogP contribution is -1.97. The van der Waals surface area contributed by atoms with Crippen LogP contribution in [0.2, 0.25) is 0 Å². The van der Waals surface area contributed by atoms with Crippen LogP contribution in [0.3, 0.4) is 0 Å². The highest BCUT2D eigenvalue weighted by Crippen LogP contribution is 2.28. The van der Waals surface area contributed by atoms with Gasteiger partial charge in [-0.05, 0) is 24.3 Å². The zero-order valence-corrected chi connectivity index (χ0v) is 5.81. The fraction of sp³-hybridized carbons (Fsp3) is 0.625. The summed E-state index contributed by atoms with van der Waals surface area (Å²) in [4.78, 5) is 10.8. The minimum atomic E-state index is 0.279. The minimum absolute atomic E-state index is 0.279. The number of allylic oxidation sites excluding steroid dienone is 1. The molecule has 50 valence electrons. The molecule has 0 aromatic rings. The number of hydrogen-bond donors (Lipinski definition) is 0. The van der Waals surface area contributed by atoms with E-state index in [1.807, 2.05) is 0 Å². The summed E-state index contributed by atoms with van der Waals surface area (Å²) in [6.45, 7) is 5.84. The second-order valence-electron chi connectivity index (χ2n) is 2.59. The second-order valence-corrected chi connectivity index (χ2v) is 2.59. The third-order valence-electron chi connectivity index (χ3n) is 2.06. The van der Waals surface area contributed by atoms with Crippen molar-refractivity contribution >= 4 is 5.78 Å². The highest BCUT2D eigenvalue weighted by atomic mass is 16.1. The molecule has 0 bridgehead atoms. The molecule has 0 radical (unpaired) electrons. The van der Waals surface area contributed by atoms with Gasteiger partial charge in [-0.3, -0.25) is 4.79 Å². The Morgan fingerprint density at radius 2 is 2.44 bits per heavy atom. The van der Waals surface area contributed by atoms with Crippen LogP contribution in [0.4, 0.5) is 0 Å². The van der Waals surface area contributed by atoms with Gasteiger partial charge in [0.05, 0.1) is 0 Å². The SMILES string of the molecule is C=C1C(=O)CCC1CC. The third-order valence-corrected chi connectivity index (χ3v) is 2.06. The van der Waals surface area contributed by atoms with Crippen molar-refractivity contribution in [2.45, 2.75) is 26.2 Å². The highest BCUT2D eigenvalue weighted by molar-refractivity contribution is 5.97. The van der Waals surface area contributed by atoms with E-state index in [-0.39, 0.29) is 5.78 Å². The second kappa shape index (κ2) is 2.34. The lowest BCUT2D eigenvalue weighted by molar-refractivity contribution is -0.114. The molecule has 0 saturated heterocycles. The Bertz CT molecular complexity index is 147. The molecule has 0 amide bonds. The summed E-state index contributed by atoms with van der Waals surface area (Å²) in [5.41, 5.74) is 0.859. The molecular formula is C8H12O. The molecule has 1 heteroatoms. The van der Waals surface area contributed by atoms with Crippen LogP contribution < -0.4 is 0 Å². The fourth-order valence-electron chi connectivity index (χ4n) is 1.32. The van der Waals surface area contributed by atoms with Gasteiger partial charge < -0.3 is 0 Å². The predicted octanol–water partition coefficient (Wildman–Crippen LogP) is 1.93. The number of carbonyl (C=O) groups is 1. The molecule has 0 N–H and O–H groups in total. The third kappa shape index (κ3) is 1.04. The summed E-state index contributed by atoms with van der Waals surface area (Å²) in [6.07, 6.45) is 2.84. The molecular weight excluding hydrogens is 112 g/mol. The Morgan fingerprint density at radius 3 is 2.67 bits per heavy atom. The van der Waals surface area contributed by atoms with Crippen molar-refractivity contribution in [1.29, 1.82) is 0 Å². The Kier molecular flexibility index (Phi) is 1.70. The Hall–Kier alpha value is -0.590. The molecule has 0 heterocycles. The van der Waals surface area contributed by atoms with E-state index in [0.717, 1.165) is 24.8 Å². The van der Waals surface area contributed by atoms with Gasteiger partial charge in [-0.25, -0.2) is 0 Å². The van der Waals surface area contributed by atoms with Crippen molar-refractivity contribution in [2.75, 3.05) is 0 Å². The van der Waals surface area contributed by atoms with E-state index in [9.17, 15) is 4.79 Å². The van der Waals surface area contributed by atoms with Gasteiger partial charge in [0.1, 0.15) is 0 Å². The van der Waals surface area contributed by atoms with E-state index in [2.05, 4.69) is 13.5 Å². The molecule has 0 aromatic carbocycles. The molecule has 0 aromatic heterocycles. The maximum Gasteiger partial charge on any atom is 0.158 e. The van der Waals surface area contributed by atoms with Gasteiger partial charge >= 0.3 is 0 Å². The average molecular weight is 124 g/mol. The molecule has 1 aliphatic carbocycles. The van der Waals surface area contributed by atoms with Crippen LogP contribution in [0, 0.1) is 5.92 Å². The predicted molar refractivity (Wildman–Crippen MR) is 37.2 cm³/mol. The van der Waals surface area contributed by atoms with Crippen molar-refractivity contribution in [1.82, 2.24) is 0 Å². The van der Waals surface area contributed by atoms with E-state index in [1.165, 1.54) is 0 Å². The fourth-order valence-corrected chi connectivity index (χ4v) is 1.32. The van der Waals surface area contributed by atoms with Crippen molar-refractivity contribution in [3.63, 3.8) is 0 Å². The lowest BCUT2D eigenvalue weighted by atomic mass is 10.0. The maximum absolute atomic E-state index is 10.8. The van der Waals surface area contributed by atoms with Gasteiger partial charge in [0.25, 0.3) is 0 Å². The summed E-state index contributed by atoms with van der Waals surface area (Å²) < 4.78 is 0. The van der Waals surface area contributed by atoms with Crippen LogP contribution in [0.15, 0.2) is 12.2 Å².